The van der Waals surface area contributed by atoms with E-state index in [1.165, 1.54) is 7.11 Å². The van der Waals surface area contributed by atoms with Gasteiger partial charge in [0.15, 0.2) is 5.82 Å². The number of aryl methyl sites for hydroxylation is 2. The van der Waals surface area contributed by atoms with Gasteiger partial charge in [-0.3, -0.25) is 9.36 Å². The molecule has 3 rings (SSSR count). The van der Waals surface area contributed by atoms with Gasteiger partial charge in [0.2, 0.25) is 0 Å². The van der Waals surface area contributed by atoms with Crippen molar-refractivity contribution in [1.29, 1.82) is 5.26 Å². The Morgan fingerprint density at radius 3 is 2.66 bits per heavy atom. The van der Waals surface area contributed by atoms with Crippen molar-refractivity contribution in [2.45, 2.75) is 20.8 Å². The summed E-state index contributed by atoms with van der Waals surface area (Å²) in [7, 11) is 1.51. The second kappa shape index (κ2) is 8.25. The number of amides is 1. The normalized spacial score (nSPS) is 11.2. The van der Waals surface area contributed by atoms with Crippen LogP contribution in [0.15, 0.2) is 40.4 Å². The van der Waals surface area contributed by atoms with Crippen molar-refractivity contribution < 1.29 is 14.1 Å². The van der Waals surface area contributed by atoms with Crippen molar-refractivity contribution in [2.24, 2.45) is 0 Å². The van der Waals surface area contributed by atoms with Crippen LogP contribution in [-0.2, 0) is 4.79 Å². The first kappa shape index (κ1) is 20.2. The van der Waals surface area contributed by atoms with Crippen molar-refractivity contribution in [3.63, 3.8) is 0 Å². The Morgan fingerprint density at radius 1 is 1.31 bits per heavy atom. The van der Waals surface area contributed by atoms with Gasteiger partial charge in [0, 0.05) is 23.1 Å². The molecule has 1 N–H and O–H groups in total. The minimum Gasteiger partial charge on any atom is -0.495 e. The molecule has 0 atom stereocenters. The molecule has 0 saturated heterocycles. The molecule has 0 unspecified atom stereocenters. The Balaban J connectivity index is 1.89. The number of rotatable bonds is 5. The Hall–Kier alpha value is -3.50. The number of aromatic nitrogens is 2. The third kappa shape index (κ3) is 4.18. The van der Waals surface area contributed by atoms with Gasteiger partial charge < -0.3 is 14.6 Å². The minimum atomic E-state index is -0.532. The average Bonchev–Trinajstić information content (AvgIpc) is 3.22. The van der Waals surface area contributed by atoms with Crippen LogP contribution in [0.4, 0.5) is 5.69 Å². The maximum atomic E-state index is 12.6. The van der Waals surface area contributed by atoms with Gasteiger partial charge in [-0.05, 0) is 56.7 Å². The Kier molecular flexibility index (Phi) is 5.76. The third-order valence-corrected chi connectivity index (χ3v) is 4.68. The van der Waals surface area contributed by atoms with Gasteiger partial charge in [-0.2, -0.15) is 5.26 Å². The molecule has 0 aliphatic carbocycles. The SMILES string of the molecule is COc1ccc(NC(=O)/C(C#N)=C/c2cc(C)n(-c3cc(C)on3)c2C)cc1Cl. The Bertz CT molecular complexity index is 1150. The number of nitriles is 1. The summed E-state index contributed by atoms with van der Waals surface area (Å²) in [4.78, 5) is 12.6. The molecule has 0 spiro atoms. The van der Waals surface area contributed by atoms with Crippen LogP contribution >= 0.6 is 11.6 Å². The minimum absolute atomic E-state index is 0.0338. The average molecular weight is 411 g/mol. The fourth-order valence-corrected chi connectivity index (χ4v) is 3.25. The highest BCUT2D eigenvalue weighted by atomic mass is 35.5. The van der Waals surface area contributed by atoms with Gasteiger partial charge in [-0.15, -0.1) is 0 Å². The molecule has 0 bridgehead atoms. The van der Waals surface area contributed by atoms with Gasteiger partial charge >= 0.3 is 0 Å². The van der Waals surface area contributed by atoms with E-state index in [4.69, 9.17) is 20.9 Å². The predicted molar refractivity (Wildman–Crippen MR) is 110 cm³/mol. The van der Waals surface area contributed by atoms with Gasteiger partial charge in [0.1, 0.15) is 23.2 Å². The zero-order valence-corrected chi connectivity index (χ0v) is 17.2. The molecule has 148 valence electrons. The molecule has 29 heavy (non-hydrogen) atoms. The number of hydrogen-bond donors (Lipinski definition) is 1. The molecule has 0 radical (unpaired) electrons. The number of benzene rings is 1. The van der Waals surface area contributed by atoms with Gasteiger partial charge in [-0.25, -0.2) is 0 Å². The highest BCUT2D eigenvalue weighted by Gasteiger charge is 2.16. The van der Waals surface area contributed by atoms with Crippen molar-refractivity contribution in [3.8, 4) is 17.6 Å². The van der Waals surface area contributed by atoms with E-state index in [0.717, 1.165) is 17.0 Å². The summed E-state index contributed by atoms with van der Waals surface area (Å²) < 4.78 is 12.1. The zero-order valence-electron chi connectivity index (χ0n) is 16.4. The van der Waals surface area contributed by atoms with Crippen molar-refractivity contribution >= 4 is 29.3 Å². The molecule has 0 saturated carbocycles. The summed E-state index contributed by atoms with van der Waals surface area (Å²) in [6, 6.07) is 10.5. The second-order valence-corrected chi connectivity index (χ2v) is 6.84. The van der Waals surface area contributed by atoms with E-state index < -0.39 is 5.91 Å². The molecule has 7 nitrogen and oxygen atoms in total. The number of ether oxygens (including phenoxy) is 1. The molecule has 0 aliphatic rings. The molecule has 2 aromatic heterocycles. The van der Waals surface area contributed by atoms with E-state index in [-0.39, 0.29) is 5.57 Å². The molecule has 1 aromatic carbocycles. The lowest BCUT2D eigenvalue weighted by molar-refractivity contribution is -0.112. The summed E-state index contributed by atoms with van der Waals surface area (Å²) >= 11 is 6.08. The lowest BCUT2D eigenvalue weighted by Gasteiger charge is -2.08. The summed E-state index contributed by atoms with van der Waals surface area (Å²) in [6.07, 6.45) is 1.55. The highest BCUT2D eigenvalue weighted by Crippen LogP contribution is 2.28. The lowest BCUT2D eigenvalue weighted by atomic mass is 10.1. The largest absolute Gasteiger partial charge is 0.495 e. The van der Waals surface area contributed by atoms with Crippen LogP contribution in [0, 0.1) is 32.1 Å². The standard InChI is InChI=1S/C21H19ClN4O3/c1-12-7-15(14(3)26(12)20-8-13(2)29-25-20)9-16(11-23)21(27)24-17-5-6-19(28-4)18(22)10-17/h5-10H,1-4H3,(H,24,27)/b16-9+. The van der Waals surface area contributed by atoms with Gasteiger partial charge in [-0.1, -0.05) is 16.8 Å². The van der Waals surface area contributed by atoms with E-state index in [1.807, 2.05) is 43.5 Å². The molecular formula is C21H19ClN4O3. The summed E-state index contributed by atoms with van der Waals surface area (Å²) in [5.41, 5.74) is 2.91. The highest BCUT2D eigenvalue weighted by molar-refractivity contribution is 6.32. The number of halogens is 1. The van der Waals surface area contributed by atoms with Crippen molar-refractivity contribution in [1.82, 2.24) is 9.72 Å². The molecule has 0 fully saturated rings. The van der Waals surface area contributed by atoms with Crippen LogP contribution in [0.3, 0.4) is 0 Å². The van der Waals surface area contributed by atoms with E-state index >= 15 is 0 Å². The predicted octanol–water partition coefficient (Wildman–Crippen LogP) is 4.60. The van der Waals surface area contributed by atoms with Crippen molar-refractivity contribution in [3.05, 3.63) is 63.6 Å². The smallest absolute Gasteiger partial charge is 0.266 e. The fraction of sp³-hybridized carbons (Fsp3) is 0.190. The fourth-order valence-electron chi connectivity index (χ4n) is 2.99. The molecule has 0 aliphatic heterocycles. The van der Waals surface area contributed by atoms with Crippen LogP contribution in [0.25, 0.3) is 11.9 Å². The van der Waals surface area contributed by atoms with Crippen LogP contribution in [-0.4, -0.2) is 22.7 Å². The second-order valence-electron chi connectivity index (χ2n) is 6.43. The summed E-state index contributed by atoms with van der Waals surface area (Å²) in [5, 5.41) is 16.6. The quantitative estimate of drug-likeness (QED) is 0.490. The number of carbonyl (C=O) groups excluding carboxylic acids is 1. The number of methoxy groups -OCH3 is 1. The molecule has 2 heterocycles. The number of nitrogens with zero attached hydrogens (tertiary/aromatic N) is 3. The number of hydrogen-bond acceptors (Lipinski definition) is 5. The van der Waals surface area contributed by atoms with Gasteiger partial charge in [0.05, 0.1) is 12.1 Å². The van der Waals surface area contributed by atoms with E-state index in [2.05, 4.69) is 10.5 Å². The van der Waals surface area contributed by atoms with E-state index in [1.54, 1.807) is 24.3 Å². The van der Waals surface area contributed by atoms with Crippen LogP contribution in [0.1, 0.15) is 22.7 Å². The number of carbonyl (C=O) groups is 1. The first-order valence-electron chi connectivity index (χ1n) is 8.73. The first-order chi connectivity index (χ1) is 13.8. The molecule has 3 aromatic rings. The molecule has 1 amide bonds. The Morgan fingerprint density at radius 2 is 2.07 bits per heavy atom. The first-order valence-corrected chi connectivity index (χ1v) is 9.11. The maximum absolute atomic E-state index is 12.6. The van der Waals surface area contributed by atoms with Gasteiger partial charge in [0.25, 0.3) is 5.91 Å². The third-order valence-electron chi connectivity index (χ3n) is 4.39. The monoisotopic (exact) mass is 410 g/mol. The lowest BCUT2D eigenvalue weighted by Crippen LogP contribution is -2.13. The van der Waals surface area contributed by atoms with Crippen LogP contribution in [0.5, 0.6) is 5.75 Å². The number of anilines is 1. The topological polar surface area (TPSA) is 93.1 Å². The zero-order chi connectivity index (χ0) is 21.1. The van der Waals surface area contributed by atoms with Crippen molar-refractivity contribution in [2.75, 3.05) is 12.4 Å². The summed E-state index contributed by atoms with van der Waals surface area (Å²) in [5.74, 6) is 1.31. The maximum Gasteiger partial charge on any atom is 0.266 e. The van der Waals surface area contributed by atoms with Crippen LogP contribution < -0.4 is 10.1 Å². The molecular weight excluding hydrogens is 392 g/mol. The summed E-state index contributed by atoms with van der Waals surface area (Å²) in [6.45, 7) is 5.62. The van der Waals surface area contributed by atoms with E-state index in [0.29, 0.717) is 28.0 Å². The number of nitrogens with one attached hydrogen (secondary N) is 1. The molecule has 8 heteroatoms. The van der Waals surface area contributed by atoms with E-state index in [9.17, 15) is 10.1 Å². The Labute approximate surface area is 173 Å². The van der Waals surface area contributed by atoms with Crippen LogP contribution in [0.2, 0.25) is 5.02 Å².